The van der Waals surface area contributed by atoms with Gasteiger partial charge in [0.15, 0.2) is 0 Å². The van der Waals surface area contributed by atoms with Crippen molar-refractivity contribution >= 4 is 23.2 Å². The summed E-state index contributed by atoms with van der Waals surface area (Å²) in [5, 5.41) is 3.10. The first-order chi connectivity index (χ1) is 9.45. The number of rotatable bonds is 4. The maximum Gasteiger partial charge on any atom is 0.248 e. The van der Waals surface area contributed by atoms with Crippen LogP contribution in [0.5, 0.6) is 0 Å². The van der Waals surface area contributed by atoms with Crippen LogP contribution in [0.25, 0.3) is 0 Å². The smallest absolute Gasteiger partial charge is 0.248 e. The monoisotopic (exact) mass is 296 g/mol. The lowest BCUT2D eigenvalue weighted by Crippen LogP contribution is -2.12. The van der Waals surface area contributed by atoms with E-state index in [0.29, 0.717) is 11.3 Å². The van der Waals surface area contributed by atoms with E-state index < -0.39 is 17.5 Å². The number of amides is 1. The zero-order valence-electron chi connectivity index (χ0n) is 10.3. The summed E-state index contributed by atoms with van der Waals surface area (Å²) in [4.78, 5) is 10.9. The largest absolute Gasteiger partial charge is 0.381 e. The van der Waals surface area contributed by atoms with Gasteiger partial charge in [0, 0.05) is 28.4 Å². The van der Waals surface area contributed by atoms with Gasteiger partial charge in [-0.25, -0.2) is 8.78 Å². The molecule has 2 aromatic rings. The van der Waals surface area contributed by atoms with E-state index in [9.17, 15) is 13.6 Å². The van der Waals surface area contributed by atoms with Crippen LogP contribution in [0.2, 0.25) is 5.02 Å². The number of nitrogens with one attached hydrogen (secondary N) is 1. The average Bonchev–Trinajstić information content (AvgIpc) is 2.36. The standard InChI is InChI=1S/C14H11ClF2N2O/c15-10-4-11(16)6-12(5-10)19-7-9-2-1-8(14(18)20)3-13(9)17/h1-6,19H,7H2,(H2,18,20). The first-order valence-electron chi connectivity index (χ1n) is 5.74. The number of hydrogen-bond donors (Lipinski definition) is 2. The number of hydrogen-bond acceptors (Lipinski definition) is 2. The highest BCUT2D eigenvalue weighted by Gasteiger charge is 2.07. The number of benzene rings is 2. The summed E-state index contributed by atoms with van der Waals surface area (Å²) in [7, 11) is 0. The van der Waals surface area contributed by atoms with Crippen molar-refractivity contribution in [1.82, 2.24) is 0 Å². The lowest BCUT2D eigenvalue weighted by molar-refractivity contribution is 0.1000. The summed E-state index contributed by atoms with van der Waals surface area (Å²) in [6.07, 6.45) is 0. The molecule has 6 heteroatoms. The van der Waals surface area contributed by atoms with Crippen molar-refractivity contribution < 1.29 is 13.6 Å². The molecule has 0 radical (unpaired) electrons. The summed E-state index contributed by atoms with van der Waals surface area (Å²) < 4.78 is 26.8. The molecule has 1 amide bonds. The number of primary amides is 1. The minimum Gasteiger partial charge on any atom is -0.381 e. The molecular weight excluding hydrogens is 286 g/mol. The molecule has 3 nitrogen and oxygen atoms in total. The molecule has 0 bridgehead atoms. The fourth-order valence-corrected chi connectivity index (χ4v) is 1.92. The summed E-state index contributed by atoms with van der Waals surface area (Å²) in [5.41, 5.74) is 5.92. The highest BCUT2D eigenvalue weighted by molar-refractivity contribution is 6.30. The molecule has 2 rings (SSSR count). The van der Waals surface area contributed by atoms with Crippen molar-refractivity contribution in [2.75, 3.05) is 5.32 Å². The number of halogens is 3. The van der Waals surface area contributed by atoms with Gasteiger partial charge < -0.3 is 11.1 Å². The van der Waals surface area contributed by atoms with Gasteiger partial charge in [-0.15, -0.1) is 0 Å². The Morgan fingerprint density at radius 2 is 1.95 bits per heavy atom. The minimum atomic E-state index is -0.694. The van der Waals surface area contributed by atoms with Crippen molar-refractivity contribution in [2.45, 2.75) is 6.54 Å². The first-order valence-corrected chi connectivity index (χ1v) is 6.11. The maximum absolute atomic E-state index is 13.7. The second-order valence-electron chi connectivity index (χ2n) is 4.18. The van der Waals surface area contributed by atoms with E-state index in [2.05, 4.69) is 5.32 Å². The van der Waals surface area contributed by atoms with E-state index >= 15 is 0 Å². The first kappa shape index (κ1) is 14.3. The molecule has 0 aliphatic heterocycles. The zero-order valence-corrected chi connectivity index (χ0v) is 11.0. The van der Waals surface area contributed by atoms with Crippen LogP contribution in [0, 0.1) is 11.6 Å². The van der Waals surface area contributed by atoms with Crippen LogP contribution in [0.15, 0.2) is 36.4 Å². The Morgan fingerprint density at radius 1 is 1.20 bits per heavy atom. The zero-order chi connectivity index (χ0) is 14.7. The van der Waals surface area contributed by atoms with Gasteiger partial charge in [0.25, 0.3) is 0 Å². The molecule has 20 heavy (non-hydrogen) atoms. The highest BCUT2D eigenvalue weighted by atomic mass is 35.5. The van der Waals surface area contributed by atoms with Gasteiger partial charge in [0.05, 0.1) is 0 Å². The van der Waals surface area contributed by atoms with Crippen LogP contribution >= 0.6 is 11.6 Å². The quantitative estimate of drug-likeness (QED) is 0.909. The van der Waals surface area contributed by atoms with Gasteiger partial charge >= 0.3 is 0 Å². The van der Waals surface area contributed by atoms with E-state index in [0.717, 1.165) is 6.07 Å². The van der Waals surface area contributed by atoms with Crippen LogP contribution in [0.4, 0.5) is 14.5 Å². The highest BCUT2D eigenvalue weighted by Crippen LogP contribution is 2.19. The third-order valence-corrected chi connectivity index (χ3v) is 2.90. The van der Waals surface area contributed by atoms with E-state index in [-0.39, 0.29) is 17.1 Å². The molecule has 0 saturated heterocycles. The van der Waals surface area contributed by atoms with Crippen molar-refractivity contribution in [1.29, 1.82) is 0 Å². The minimum absolute atomic E-state index is 0.0973. The van der Waals surface area contributed by atoms with E-state index in [1.165, 1.54) is 30.3 Å². The normalized spacial score (nSPS) is 10.3. The Balaban J connectivity index is 2.12. The van der Waals surface area contributed by atoms with Gasteiger partial charge in [-0.3, -0.25) is 4.79 Å². The summed E-state index contributed by atoms with van der Waals surface area (Å²) >= 11 is 5.71. The molecule has 0 spiro atoms. The number of carbonyl (C=O) groups is 1. The molecule has 0 atom stereocenters. The van der Waals surface area contributed by atoms with E-state index in [4.69, 9.17) is 17.3 Å². The summed E-state index contributed by atoms with van der Waals surface area (Å²) in [6, 6.07) is 7.90. The van der Waals surface area contributed by atoms with Crippen molar-refractivity contribution in [2.24, 2.45) is 5.73 Å². The molecule has 0 fully saturated rings. The molecule has 0 heterocycles. The van der Waals surface area contributed by atoms with Gasteiger partial charge in [0.1, 0.15) is 11.6 Å². The van der Waals surface area contributed by atoms with Crippen LogP contribution in [-0.4, -0.2) is 5.91 Å². The summed E-state index contributed by atoms with van der Waals surface area (Å²) in [5.74, 6) is -1.74. The van der Waals surface area contributed by atoms with Crippen molar-refractivity contribution in [3.8, 4) is 0 Å². The molecule has 0 aliphatic rings. The van der Waals surface area contributed by atoms with E-state index in [1.807, 2.05) is 0 Å². The van der Waals surface area contributed by atoms with Crippen molar-refractivity contribution in [3.63, 3.8) is 0 Å². The molecule has 104 valence electrons. The molecule has 3 N–H and O–H groups in total. The summed E-state index contributed by atoms with van der Waals surface area (Å²) in [6.45, 7) is 0.130. The Morgan fingerprint density at radius 3 is 2.55 bits per heavy atom. The lowest BCUT2D eigenvalue weighted by Gasteiger charge is -2.09. The molecular formula is C14H11ClF2N2O. The third-order valence-electron chi connectivity index (χ3n) is 2.68. The second kappa shape index (κ2) is 5.88. The fourth-order valence-electron chi connectivity index (χ4n) is 1.70. The predicted molar refractivity (Wildman–Crippen MR) is 73.7 cm³/mol. The van der Waals surface area contributed by atoms with Gasteiger partial charge in [0.2, 0.25) is 5.91 Å². The fraction of sp³-hybridized carbons (Fsp3) is 0.0714. The Labute approximate surface area is 119 Å². The van der Waals surface area contributed by atoms with Gasteiger partial charge in [-0.1, -0.05) is 17.7 Å². The van der Waals surface area contributed by atoms with Gasteiger partial charge in [-0.2, -0.15) is 0 Å². The number of anilines is 1. The maximum atomic E-state index is 13.7. The topological polar surface area (TPSA) is 55.1 Å². The molecule has 0 unspecified atom stereocenters. The second-order valence-corrected chi connectivity index (χ2v) is 4.62. The molecule has 0 aromatic heterocycles. The SMILES string of the molecule is NC(=O)c1ccc(CNc2cc(F)cc(Cl)c2)c(F)c1. The Hall–Kier alpha value is -2.14. The lowest BCUT2D eigenvalue weighted by atomic mass is 10.1. The van der Waals surface area contributed by atoms with Gasteiger partial charge in [-0.05, 0) is 30.3 Å². The molecule has 0 saturated carbocycles. The Bertz CT molecular complexity index is 641. The average molecular weight is 297 g/mol. The van der Waals surface area contributed by atoms with Crippen molar-refractivity contribution in [3.05, 3.63) is 64.2 Å². The van der Waals surface area contributed by atoms with Crippen LogP contribution < -0.4 is 11.1 Å². The van der Waals surface area contributed by atoms with Crippen LogP contribution in [-0.2, 0) is 6.54 Å². The predicted octanol–water partition coefficient (Wildman–Crippen LogP) is 3.33. The number of nitrogens with two attached hydrogens (primary N) is 1. The molecule has 0 aliphatic carbocycles. The van der Waals surface area contributed by atoms with Crippen LogP contribution in [0.1, 0.15) is 15.9 Å². The number of carbonyl (C=O) groups excluding carboxylic acids is 1. The third kappa shape index (κ3) is 3.45. The van der Waals surface area contributed by atoms with E-state index in [1.54, 1.807) is 0 Å². The Kier molecular flexibility index (Phi) is 4.20. The van der Waals surface area contributed by atoms with Crippen LogP contribution in [0.3, 0.4) is 0 Å². The molecule has 2 aromatic carbocycles.